The van der Waals surface area contributed by atoms with Gasteiger partial charge >= 0.3 is 11.9 Å². The smallest absolute Gasteiger partial charge is 0.306 e. The Balaban J connectivity index is 2.38. The Hall–Kier alpha value is -1.87. The zero-order valence-corrected chi connectivity index (χ0v) is 40.5. The summed E-state index contributed by atoms with van der Waals surface area (Å²) in [4.78, 5) is 25.5. The molecule has 370 valence electrons. The summed E-state index contributed by atoms with van der Waals surface area (Å²) in [5, 5.41) is 30.9. The number of hydrogen-bond donors (Lipinski definition) is 4. The molecule has 0 aromatic heterocycles. The molecular weight excluding hydrogens is 825 g/mol. The van der Waals surface area contributed by atoms with Crippen LogP contribution in [0.25, 0.3) is 0 Å². The number of ether oxygens (including phenoxy) is 4. The van der Waals surface area contributed by atoms with Gasteiger partial charge < -0.3 is 34.3 Å². The summed E-state index contributed by atoms with van der Waals surface area (Å²) < 4.78 is 54.2. The molecule has 0 spiro atoms. The Labute approximate surface area is 383 Å². The van der Waals surface area contributed by atoms with Gasteiger partial charge in [0.1, 0.15) is 36.8 Å². The summed E-state index contributed by atoms with van der Waals surface area (Å²) in [5.74, 6) is -1.99. The second-order valence-corrected chi connectivity index (χ2v) is 19.4. The minimum Gasteiger partial charge on any atom is -0.462 e. The van der Waals surface area contributed by atoms with Gasteiger partial charge in [0.05, 0.1) is 6.61 Å². The second kappa shape index (κ2) is 40.4. The maximum atomic E-state index is 12.9. The average molecular weight is 917 g/mol. The van der Waals surface area contributed by atoms with Gasteiger partial charge in [0, 0.05) is 12.8 Å². The number of esters is 2. The number of allylic oxidation sites excluding steroid dienone is 4. The Morgan fingerprint density at radius 2 is 0.937 bits per heavy atom. The van der Waals surface area contributed by atoms with Crippen LogP contribution in [0.15, 0.2) is 24.3 Å². The Kier molecular flexibility index (Phi) is 37.9. The van der Waals surface area contributed by atoms with E-state index < -0.39 is 71.2 Å². The van der Waals surface area contributed by atoms with E-state index in [-0.39, 0.29) is 19.4 Å². The fraction of sp³-hybridized carbons (Fsp3) is 0.880. The SMILES string of the molecule is CCCCCC/C=C/C=C/CCCCCCCC(=O)OC[C@H](CO[C@H]1O[C@H](CS(=O)(=O)O)[C@@H](O)C(O)C1O)OC(=O)CCCCCCCCCCCCCCCCCCCCCC. The molecule has 0 saturated carbocycles. The lowest BCUT2D eigenvalue weighted by Crippen LogP contribution is -2.60. The van der Waals surface area contributed by atoms with Crippen LogP contribution in [0.4, 0.5) is 0 Å². The molecule has 0 bridgehead atoms. The molecule has 0 radical (unpaired) electrons. The van der Waals surface area contributed by atoms with Gasteiger partial charge in [-0.25, -0.2) is 0 Å². The van der Waals surface area contributed by atoms with Crippen molar-refractivity contribution in [3.05, 3.63) is 24.3 Å². The Morgan fingerprint density at radius 1 is 0.540 bits per heavy atom. The van der Waals surface area contributed by atoms with Gasteiger partial charge in [-0.05, 0) is 38.5 Å². The Morgan fingerprint density at radius 3 is 1.38 bits per heavy atom. The summed E-state index contributed by atoms with van der Waals surface area (Å²) in [6.45, 7) is 3.76. The molecule has 2 unspecified atom stereocenters. The van der Waals surface area contributed by atoms with Crippen molar-refractivity contribution in [3.8, 4) is 0 Å². The van der Waals surface area contributed by atoms with Crippen LogP contribution >= 0.6 is 0 Å². The largest absolute Gasteiger partial charge is 0.462 e. The van der Waals surface area contributed by atoms with Crippen LogP contribution in [0.2, 0.25) is 0 Å². The van der Waals surface area contributed by atoms with Gasteiger partial charge in [0.25, 0.3) is 10.1 Å². The molecule has 1 saturated heterocycles. The third-order valence-corrected chi connectivity index (χ3v) is 12.6. The minimum atomic E-state index is -4.60. The van der Waals surface area contributed by atoms with Crippen LogP contribution in [0.5, 0.6) is 0 Å². The number of carbonyl (C=O) groups is 2. The van der Waals surface area contributed by atoms with Crippen molar-refractivity contribution in [2.24, 2.45) is 0 Å². The van der Waals surface area contributed by atoms with E-state index in [4.69, 9.17) is 18.9 Å². The van der Waals surface area contributed by atoms with Crippen molar-refractivity contribution in [1.82, 2.24) is 0 Å². The molecule has 63 heavy (non-hydrogen) atoms. The topological polar surface area (TPSA) is 186 Å². The minimum absolute atomic E-state index is 0.166. The fourth-order valence-electron chi connectivity index (χ4n) is 7.85. The fourth-order valence-corrected chi connectivity index (χ4v) is 8.54. The number of rotatable bonds is 43. The number of hydrogen-bond acceptors (Lipinski definition) is 11. The van der Waals surface area contributed by atoms with Crippen LogP contribution in [0, 0.1) is 0 Å². The van der Waals surface area contributed by atoms with Gasteiger partial charge in [-0.2, -0.15) is 8.42 Å². The summed E-state index contributed by atoms with van der Waals surface area (Å²) in [5.41, 5.74) is 0. The van der Waals surface area contributed by atoms with Gasteiger partial charge in [-0.15, -0.1) is 0 Å². The number of unbranched alkanes of at least 4 members (excludes halogenated alkanes) is 28. The predicted octanol–water partition coefficient (Wildman–Crippen LogP) is 11.2. The molecule has 0 aromatic carbocycles. The van der Waals surface area contributed by atoms with Crippen LogP contribution in [0.3, 0.4) is 0 Å². The number of aliphatic hydroxyl groups excluding tert-OH is 3. The zero-order valence-electron chi connectivity index (χ0n) is 39.7. The van der Waals surface area contributed by atoms with Crippen molar-refractivity contribution in [2.45, 2.75) is 263 Å². The van der Waals surface area contributed by atoms with Gasteiger partial charge in [-0.1, -0.05) is 199 Å². The summed E-state index contributed by atoms with van der Waals surface area (Å²) in [7, 11) is -4.60. The van der Waals surface area contributed by atoms with Crippen LogP contribution < -0.4 is 0 Å². The highest BCUT2D eigenvalue weighted by molar-refractivity contribution is 7.85. The van der Waals surface area contributed by atoms with Crippen molar-refractivity contribution in [2.75, 3.05) is 19.0 Å². The molecule has 0 amide bonds. The Bertz CT molecular complexity index is 1260. The van der Waals surface area contributed by atoms with E-state index in [9.17, 15) is 37.9 Å². The highest BCUT2D eigenvalue weighted by Gasteiger charge is 2.46. The average Bonchev–Trinajstić information content (AvgIpc) is 3.25. The molecule has 1 fully saturated rings. The zero-order chi connectivity index (χ0) is 46.2. The maximum absolute atomic E-state index is 12.9. The first-order valence-electron chi connectivity index (χ1n) is 25.4. The molecule has 6 atom stereocenters. The summed E-state index contributed by atoms with van der Waals surface area (Å²) >= 11 is 0. The predicted molar refractivity (Wildman–Crippen MR) is 252 cm³/mol. The molecule has 1 aliphatic rings. The first-order valence-corrected chi connectivity index (χ1v) is 27.0. The van der Waals surface area contributed by atoms with Crippen LogP contribution in [0.1, 0.15) is 226 Å². The molecule has 4 N–H and O–H groups in total. The number of aliphatic hydroxyl groups is 3. The normalized spacial score (nSPS) is 19.9. The summed E-state index contributed by atoms with van der Waals surface area (Å²) in [6, 6.07) is 0. The maximum Gasteiger partial charge on any atom is 0.306 e. The highest BCUT2D eigenvalue weighted by Crippen LogP contribution is 2.24. The quantitative estimate of drug-likeness (QED) is 0.0197. The monoisotopic (exact) mass is 917 g/mol. The molecule has 0 aliphatic carbocycles. The second-order valence-electron chi connectivity index (χ2n) is 17.9. The van der Waals surface area contributed by atoms with Gasteiger partial charge in [-0.3, -0.25) is 14.1 Å². The van der Waals surface area contributed by atoms with E-state index >= 15 is 0 Å². The molecule has 1 rings (SSSR count). The molecule has 12 nitrogen and oxygen atoms in total. The lowest BCUT2D eigenvalue weighted by atomic mass is 10.00. The first kappa shape index (κ1) is 59.1. The molecule has 0 aromatic rings. The lowest BCUT2D eigenvalue weighted by Gasteiger charge is -2.40. The van der Waals surface area contributed by atoms with Crippen molar-refractivity contribution < 1.29 is 56.8 Å². The van der Waals surface area contributed by atoms with E-state index in [1.54, 1.807) is 0 Å². The molecule has 1 aliphatic heterocycles. The van der Waals surface area contributed by atoms with Crippen molar-refractivity contribution in [1.29, 1.82) is 0 Å². The first-order chi connectivity index (χ1) is 30.5. The van der Waals surface area contributed by atoms with E-state index in [2.05, 4.69) is 38.2 Å². The van der Waals surface area contributed by atoms with Gasteiger partial charge in [0.2, 0.25) is 0 Å². The van der Waals surface area contributed by atoms with Crippen LogP contribution in [-0.2, 0) is 38.7 Å². The van der Waals surface area contributed by atoms with E-state index in [0.717, 1.165) is 57.8 Å². The van der Waals surface area contributed by atoms with E-state index in [1.807, 2.05) is 0 Å². The number of carbonyl (C=O) groups excluding carboxylic acids is 2. The molecule has 1 heterocycles. The highest BCUT2D eigenvalue weighted by atomic mass is 32.2. The van der Waals surface area contributed by atoms with Crippen LogP contribution in [-0.4, -0.2) is 96.0 Å². The van der Waals surface area contributed by atoms with E-state index in [1.165, 1.54) is 128 Å². The van der Waals surface area contributed by atoms with Crippen molar-refractivity contribution >= 4 is 22.1 Å². The molecular formula is C50H92O12S. The lowest BCUT2D eigenvalue weighted by molar-refractivity contribution is -0.297. The third kappa shape index (κ3) is 35.1. The summed E-state index contributed by atoms with van der Waals surface area (Å²) in [6.07, 6.45) is 36.5. The molecule has 13 heteroatoms. The van der Waals surface area contributed by atoms with Crippen molar-refractivity contribution in [3.63, 3.8) is 0 Å². The third-order valence-electron chi connectivity index (χ3n) is 11.8. The van der Waals surface area contributed by atoms with Gasteiger partial charge in [0.15, 0.2) is 12.4 Å². The standard InChI is InChI=1S/C50H92O12S/c1-3-5-7-9-11-13-15-17-19-20-21-22-23-25-27-29-31-33-35-37-39-46(52)61-43(41-60-50-49(55)48(54)47(53)44(62-50)42-63(56,57)58)40-59-45(51)38-36-34-32-30-28-26-24-18-16-14-12-10-8-6-4-2/h14,16,18,24,43-44,47-50,53-55H,3-13,15,17,19-23,25-42H2,1-2H3,(H,56,57,58)/b16-14+,24-18+/t43-,44-,47-,48?,49?,50+/m1/s1. The van der Waals surface area contributed by atoms with E-state index in [0.29, 0.717) is 12.8 Å².